The first-order valence-electron chi connectivity index (χ1n) is 9.54. The van der Waals surface area contributed by atoms with Gasteiger partial charge in [0.05, 0.1) is 18.0 Å². The lowest BCUT2D eigenvalue weighted by Crippen LogP contribution is -2.33. The van der Waals surface area contributed by atoms with Crippen LogP contribution in [0.5, 0.6) is 5.75 Å². The molecule has 0 aliphatic carbocycles. The number of hydrogen-bond donors (Lipinski definition) is 2. The van der Waals surface area contributed by atoms with Gasteiger partial charge in [-0.3, -0.25) is 0 Å². The van der Waals surface area contributed by atoms with Crippen LogP contribution in [-0.2, 0) is 11.3 Å². The van der Waals surface area contributed by atoms with Gasteiger partial charge in [0.15, 0.2) is 0 Å². The number of rotatable bonds is 9. The maximum Gasteiger partial charge on any atom is 0.410 e. The Balaban J connectivity index is 2.03. The molecule has 0 aliphatic heterocycles. The van der Waals surface area contributed by atoms with Crippen molar-refractivity contribution in [2.75, 3.05) is 27.3 Å². The number of ether oxygens (including phenoxy) is 2. The van der Waals surface area contributed by atoms with E-state index in [0.717, 1.165) is 23.3 Å². The first-order chi connectivity index (χ1) is 13.9. The summed E-state index contributed by atoms with van der Waals surface area (Å²) in [4.78, 5) is 13.8. The second kappa shape index (κ2) is 11.0. The molecule has 2 aromatic carbocycles. The molecule has 0 spiro atoms. The molecule has 0 heterocycles. The highest BCUT2D eigenvalue weighted by Gasteiger charge is 2.15. The van der Waals surface area contributed by atoms with Gasteiger partial charge in [-0.2, -0.15) is 0 Å². The van der Waals surface area contributed by atoms with Gasteiger partial charge in [0, 0.05) is 20.6 Å². The van der Waals surface area contributed by atoms with E-state index in [1.165, 1.54) is 9.91 Å². The monoisotopic (exact) mass is 398 g/mol. The summed E-state index contributed by atoms with van der Waals surface area (Å²) >= 11 is 0. The Kier molecular flexibility index (Phi) is 8.36. The summed E-state index contributed by atoms with van der Waals surface area (Å²) in [5.41, 5.74) is 9.03. The molecule has 0 aromatic heterocycles. The molecule has 0 aliphatic rings. The van der Waals surface area contributed by atoms with Crippen molar-refractivity contribution in [3.8, 4) is 5.75 Å². The molecule has 1 amide bonds. The normalized spacial score (nSPS) is 11.4. The molecule has 2 aromatic rings. The van der Waals surface area contributed by atoms with E-state index >= 15 is 0 Å². The minimum Gasteiger partial charge on any atom is -0.494 e. The first kappa shape index (κ1) is 22.1. The average molecular weight is 399 g/mol. The van der Waals surface area contributed by atoms with Gasteiger partial charge in [0.2, 0.25) is 0 Å². The maximum absolute atomic E-state index is 12.3. The first-order valence-corrected chi connectivity index (χ1v) is 9.54. The lowest BCUT2D eigenvalue weighted by Gasteiger charge is -2.22. The Bertz CT molecular complexity index is 805. The zero-order valence-electron chi connectivity index (χ0n) is 17.3. The summed E-state index contributed by atoms with van der Waals surface area (Å²) in [7, 11) is 3.34. The predicted octanol–water partition coefficient (Wildman–Crippen LogP) is 3.18. The van der Waals surface area contributed by atoms with Gasteiger partial charge in [-0.25, -0.2) is 10.6 Å². The highest BCUT2D eigenvalue weighted by molar-refractivity contribution is 5.69. The van der Waals surface area contributed by atoms with E-state index in [0.29, 0.717) is 24.5 Å². The van der Waals surface area contributed by atoms with Gasteiger partial charge in [-0.15, -0.1) is 0 Å². The van der Waals surface area contributed by atoms with Gasteiger partial charge in [0.25, 0.3) is 0 Å². The smallest absolute Gasteiger partial charge is 0.410 e. The number of likely N-dealkylation sites (N-methyl/N-ethyl adjacent to an activating group) is 1. The van der Waals surface area contributed by atoms with Gasteiger partial charge >= 0.3 is 6.09 Å². The Hall–Kier alpha value is -3.19. The average Bonchev–Trinajstić information content (AvgIpc) is 2.72. The molecule has 0 bridgehead atoms. The van der Waals surface area contributed by atoms with E-state index in [-0.39, 0.29) is 6.61 Å². The molecule has 0 radical (unpaired) electrons. The largest absolute Gasteiger partial charge is 0.494 e. The van der Waals surface area contributed by atoms with Gasteiger partial charge in [-0.05, 0) is 41.8 Å². The van der Waals surface area contributed by atoms with Crippen LogP contribution in [0.4, 0.5) is 4.79 Å². The molecule has 156 valence electrons. The van der Waals surface area contributed by atoms with E-state index in [1.807, 2.05) is 54.6 Å². The fraction of sp³-hybridized carbons (Fsp3) is 0.318. The van der Waals surface area contributed by atoms with Crippen molar-refractivity contribution in [2.45, 2.75) is 19.9 Å². The Labute approximate surface area is 172 Å². The van der Waals surface area contributed by atoms with E-state index in [1.54, 1.807) is 14.1 Å². The fourth-order valence-electron chi connectivity index (χ4n) is 2.65. The molecular formula is C22H30N4O3. The fourth-order valence-corrected chi connectivity index (χ4v) is 2.65. The van der Waals surface area contributed by atoms with Crippen LogP contribution in [0.15, 0.2) is 60.3 Å². The summed E-state index contributed by atoms with van der Waals surface area (Å²) in [5, 5.41) is 1.36. The number of hydrazine groups is 1. The second-order valence-corrected chi connectivity index (χ2v) is 6.74. The zero-order chi connectivity index (χ0) is 21.2. The maximum atomic E-state index is 12.3. The quantitative estimate of drug-likeness (QED) is 0.498. The minimum absolute atomic E-state index is 0.0368. The highest BCUT2D eigenvalue weighted by atomic mass is 16.6. The van der Waals surface area contributed by atoms with Gasteiger partial charge in [-0.1, -0.05) is 37.3 Å². The van der Waals surface area contributed by atoms with Crippen molar-refractivity contribution in [2.24, 2.45) is 11.6 Å². The Morgan fingerprint density at radius 2 is 1.69 bits per heavy atom. The number of hydrogen-bond acceptors (Lipinski definition) is 6. The topological polar surface area (TPSA) is 94.0 Å². The van der Waals surface area contributed by atoms with Crippen LogP contribution in [0.25, 0.3) is 5.70 Å². The second-order valence-electron chi connectivity index (χ2n) is 6.74. The number of nitrogens with zero attached hydrogens (tertiary/aromatic N) is 2. The van der Waals surface area contributed by atoms with E-state index in [2.05, 4.69) is 6.92 Å². The minimum atomic E-state index is -0.454. The molecule has 29 heavy (non-hydrogen) atoms. The van der Waals surface area contributed by atoms with Crippen molar-refractivity contribution < 1.29 is 14.3 Å². The SMILES string of the molecule is CCCOc1ccc(/C(N)=C(\COC(=O)N(C)Cc2ccccc2)N(C)N)cc1. The third-order valence-corrected chi connectivity index (χ3v) is 4.28. The summed E-state index contributed by atoms with van der Waals surface area (Å²) < 4.78 is 11.0. The number of carbonyl (C=O) groups excluding carboxylic acids is 1. The van der Waals surface area contributed by atoms with E-state index in [9.17, 15) is 4.79 Å². The number of nitrogens with two attached hydrogens (primary N) is 2. The summed E-state index contributed by atoms with van der Waals surface area (Å²) in [6.45, 7) is 3.13. The molecule has 7 nitrogen and oxygen atoms in total. The molecule has 2 rings (SSSR count). The molecule has 0 unspecified atom stereocenters. The molecule has 0 saturated heterocycles. The van der Waals surface area contributed by atoms with Crippen molar-refractivity contribution in [1.29, 1.82) is 0 Å². The van der Waals surface area contributed by atoms with Crippen LogP contribution >= 0.6 is 0 Å². The van der Waals surface area contributed by atoms with Crippen LogP contribution in [0, 0.1) is 0 Å². The van der Waals surface area contributed by atoms with Crippen LogP contribution < -0.4 is 16.3 Å². The van der Waals surface area contributed by atoms with Crippen LogP contribution in [0.1, 0.15) is 24.5 Å². The Morgan fingerprint density at radius 3 is 2.28 bits per heavy atom. The van der Waals surface area contributed by atoms with Crippen LogP contribution in [0.3, 0.4) is 0 Å². The molecule has 0 saturated carbocycles. The van der Waals surface area contributed by atoms with Crippen LogP contribution in [0.2, 0.25) is 0 Å². The van der Waals surface area contributed by atoms with Crippen molar-refractivity contribution in [1.82, 2.24) is 9.91 Å². The zero-order valence-corrected chi connectivity index (χ0v) is 17.3. The van der Waals surface area contributed by atoms with E-state index < -0.39 is 6.09 Å². The molecule has 4 N–H and O–H groups in total. The molecule has 0 atom stereocenters. The lowest BCUT2D eigenvalue weighted by molar-refractivity contribution is 0.111. The van der Waals surface area contributed by atoms with Crippen LogP contribution in [-0.4, -0.2) is 43.3 Å². The summed E-state index contributed by atoms with van der Waals surface area (Å²) in [5.74, 6) is 6.70. The molecule has 0 fully saturated rings. The Morgan fingerprint density at radius 1 is 1.03 bits per heavy atom. The number of amides is 1. The number of benzene rings is 2. The number of carbonyl (C=O) groups is 1. The summed E-state index contributed by atoms with van der Waals surface area (Å²) in [6.07, 6.45) is 0.486. The van der Waals surface area contributed by atoms with Crippen molar-refractivity contribution in [3.05, 3.63) is 71.4 Å². The third-order valence-electron chi connectivity index (χ3n) is 4.28. The molecular weight excluding hydrogens is 368 g/mol. The third kappa shape index (κ3) is 6.73. The van der Waals surface area contributed by atoms with Gasteiger partial charge < -0.3 is 25.1 Å². The van der Waals surface area contributed by atoms with Gasteiger partial charge in [0.1, 0.15) is 12.4 Å². The standard InChI is InChI=1S/C22H30N4O3/c1-4-14-28-19-12-10-18(11-13-19)21(23)20(26(3)24)16-29-22(27)25(2)15-17-8-6-5-7-9-17/h5-13H,4,14-16,23-24H2,1-3H3/b21-20-. The highest BCUT2D eigenvalue weighted by Crippen LogP contribution is 2.19. The van der Waals surface area contributed by atoms with Crippen molar-refractivity contribution in [3.63, 3.8) is 0 Å². The van der Waals surface area contributed by atoms with Crippen molar-refractivity contribution >= 4 is 11.8 Å². The van der Waals surface area contributed by atoms with E-state index in [4.69, 9.17) is 21.1 Å². The predicted molar refractivity (Wildman–Crippen MR) is 115 cm³/mol. The molecule has 7 heteroatoms. The summed E-state index contributed by atoms with van der Waals surface area (Å²) in [6, 6.07) is 17.1. The lowest BCUT2D eigenvalue weighted by atomic mass is 10.1.